The third-order valence-corrected chi connectivity index (χ3v) is 7.63. The van der Waals surface area contributed by atoms with Crippen LogP contribution in [0.25, 0.3) is 0 Å². The Morgan fingerprint density at radius 2 is 1.81 bits per heavy atom. The van der Waals surface area contributed by atoms with Crippen molar-refractivity contribution in [2.24, 2.45) is 0 Å². The Balaban J connectivity index is 1.59. The first-order valence-electron chi connectivity index (χ1n) is 13.0. The minimum absolute atomic E-state index is 0.0105. The predicted molar refractivity (Wildman–Crippen MR) is 140 cm³/mol. The van der Waals surface area contributed by atoms with E-state index in [0.29, 0.717) is 31.0 Å². The van der Waals surface area contributed by atoms with Gasteiger partial charge in [-0.15, -0.1) is 0 Å². The monoisotopic (exact) mass is 493 g/mol. The Bertz CT molecular complexity index is 1040. The number of likely N-dealkylation sites (tertiary alicyclic amines) is 1. The molecule has 7 heteroatoms. The van der Waals surface area contributed by atoms with Crippen LogP contribution in [0.4, 0.5) is 0 Å². The van der Waals surface area contributed by atoms with E-state index in [1.165, 1.54) is 5.56 Å². The Hall–Kier alpha value is -3.06. The van der Waals surface area contributed by atoms with Crippen LogP contribution in [0, 0.1) is 0 Å². The van der Waals surface area contributed by atoms with Gasteiger partial charge < -0.3 is 19.3 Å². The lowest BCUT2D eigenvalue weighted by molar-refractivity contribution is -0.129. The van der Waals surface area contributed by atoms with Crippen molar-refractivity contribution < 1.29 is 19.1 Å². The molecule has 0 radical (unpaired) electrons. The predicted octanol–water partition coefficient (Wildman–Crippen LogP) is 4.21. The third-order valence-electron chi connectivity index (χ3n) is 7.63. The molecule has 2 heterocycles. The molecule has 2 aliphatic heterocycles. The Kier molecular flexibility index (Phi) is 8.52. The van der Waals surface area contributed by atoms with E-state index in [1.54, 1.807) is 14.0 Å². The van der Waals surface area contributed by atoms with Gasteiger partial charge in [-0.2, -0.15) is 0 Å². The minimum atomic E-state index is -0.0975. The Labute approximate surface area is 215 Å². The summed E-state index contributed by atoms with van der Waals surface area (Å²) in [5, 5.41) is 0. The molecule has 1 atom stereocenters. The second-order valence-electron chi connectivity index (χ2n) is 10.1. The van der Waals surface area contributed by atoms with Gasteiger partial charge in [-0.05, 0) is 74.5 Å². The number of carbonyl (C=O) groups excluding carboxylic acids is 2. The maximum atomic E-state index is 13.4. The largest absolute Gasteiger partial charge is 0.497 e. The summed E-state index contributed by atoms with van der Waals surface area (Å²) >= 11 is 0. The summed E-state index contributed by atoms with van der Waals surface area (Å²) in [5.41, 5.74) is 1.78. The minimum Gasteiger partial charge on any atom is -0.497 e. The van der Waals surface area contributed by atoms with Gasteiger partial charge in [0.2, 0.25) is 5.91 Å². The molecule has 194 valence electrons. The highest BCUT2D eigenvalue weighted by Gasteiger charge is 2.42. The van der Waals surface area contributed by atoms with Crippen LogP contribution in [0.15, 0.2) is 48.5 Å². The molecule has 2 bridgehead atoms. The van der Waals surface area contributed by atoms with Gasteiger partial charge in [0.25, 0.3) is 5.91 Å². The van der Waals surface area contributed by atoms with Crippen LogP contribution in [-0.2, 0) is 11.3 Å². The van der Waals surface area contributed by atoms with E-state index in [4.69, 9.17) is 9.47 Å². The molecule has 2 amide bonds. The smallest absolute Gasteiger partial charge is 0.253 e. The first-order chi connectivity index (χ1) is 17.4. The normalized spacial score (nSPS) is 22.1. The van der Waals surface area contributed by atoms with Crippen LogP contribution in [0.2, 0.25) is 0 Å². The van der Waals surface area contributed by atoms with Gasteiger partial charge in [0.05, 0.1) is 13.7 Å². The highest BCUT2D eigenvalue weighted by molar-refractivity contribution is 5.94. The second-order valence-corrected chi connectivity index (χ2v) is 10.1. The quantitative estimate of drug-likeness (QED) is 0.641. The van der Waals surface area contributed by atoms with Crippen molar-refractivity contribution in [1.29, 1.82) is 0 Å². The number of fused-ring (bicyclic) bond motifs is 2. The van der Waals surface area contributed by atoms with Crippen molar-refractivity contribution >= 4 is 11.8 Å². The maximum absolute atomic E-state index is 13.4. The molecule has 0 aromatic heterocycles. The zero-order valence-corrected chi connectivity index (χ0v) is 21.9. The molecule has 0 N–H and O–H groups in total. The summed E-state index contributed by atoms with van der Waals surface area (Å²) in [6.45, 7) is 5.82. The van der Waals surface area contributed by atoms with Crippen molar-refractivity contribution in [2.45, 2.75) is 51.1 Å². The summed E-state index contributed by atoms with van der Waals surface area (Å²) in [4.78, 5) is 32.0. The van der Waals surface area contributed by atoms with E-state index in [1.807, 2.05) is 53.2 Å². The first kappa shape index (κ1) is 26.0. The van der Waals surface area contributed by atoms with Crippen molar-refractivity contribution in [2.75, 3.05) is 46.9 Å². The van der Waals surface area contributed by atoms with Gasteiger partial charge in [0, 0.05) is 44.7 Å². The van der Waals surface area contributed by atoms with Crippen LogP contribution >= 0.6 is 0 Å². The van der Waals surface area contributed by atoms with Crippen LogP contribution < -0.4 is 9.47 Å². The van der Waals surface area contributed by atoms with Gasteiger partial charge in [-0.1, -0.05) is 18.2 Å². The molecule has 1 fully saturated rings. The lowest BCUT2D eigenvalue weighted by atomic mass is 9.88. The van der Waals surface area contributed by atoms with Gasteiger partial charge in [-0.25, -0.2) is 0 Å². The fourth-order valence-corrected chi connectivity index (χ4v) is 5.64. The average Bonchev–Trinajstić information content (AvgIpc) is 3.26. The number of hydrogen-bond acceptors (Lipinski definition) is 5. The fraction of sp³-hybridized carbons (Fsp3) is 0.517. The number of rotatable bonds is 3. The number of nitrogens with zero attached hydrogens (tertiary/aromatic N) is 3. The number of carbonyl (C=O) groups is 2. The van der Waals surface area contributed by atoms with E-state index in [2.05, 4.69) is 17.0 Å². The van der Waals surface area contributed by atoms with Crippen molar-refractivity contribution in [3.05, 3.63) is 59.7 Å². The molecule has 0 aliphatic carbocycles. The van der Waals surface area contributed by atoms with E-state index >= 15 is 0 Å². The van der Waals surface area contributed by atoms with Crippen molar-refractivity contribution in [3.8, 4) is 11.5 Å². The van der Waals surface area contributed by atoms with Gasteiger partial charge >= 0.3 is 0 Å². The highest BCUT2D eigenvalue weighted by Crippen LogP contribution is 2.36. The van der Waals surface area contributed by atoms with E-state index < -0.39 is 0 Å². The molecule has 7 nitrogen and oxygen atoms in total. The summed E-state index contributed by atoms with van der Waals surface area (Å²) < 4.78 is 11.2. The molecule has 1 saturated heterocycles. The number of benzene rings is 2. The molecular formula is C29H39N3O4. The van der Waals surface area contributed by atoms with Gasteiger partial charge in [0.1, 0.15) is 18.1 Å². The number of methoxy groups -OCH3 is 1. The van der Waals surface area contributed by atoms with Crippen LogP contribution in [0.5, 0.6) is 11.5 Å². The summed E-state index contributed by atoms with van der Waals surface area (Å²) in [6.07, 6.45) is 5.09. The average molecular weight is 494 g/mol. The second kappa shape index (κ2) is 11.8. The maximum Gasteiger partial charge on any atom is 0.253 e. The molecule has 0 saturated carbocycles. The van der Waals surface area contributed by atoms with Gasteiger partial charge in [0.15, 0.2) is 0 Å². The lowest BCUT2D eigenvalue weighted by Crippen LogP contribution is -2.52. The highest BCUT2D eigenvalue weighted by atomic mass is 16.5. The van der Waals surface area contributed by atoms with Crippen LogP contribution in [-0.4, -0.2) is 79.0 Å². The molecule has 1 spiro atoms. The zero-order valence-electron chi connectivity index (χ0n) is 21.9. The van der Waals surface area contributed by atoms with E-state index in [0.717, 1.165) is 57.5 Å². The molecule has 36 heavy (non-hydrogen) atoms. The molecule has 0 unspecified atom stereocenters. The molecule has 2 aromatic rings. The van der Waals surface area contributed by atoms with E-state index in [-0.39, 0.29) is 17.4 Å². The number of likely N-dealkylation sites (N-methyl/N-ethyl adjacent to an activating group) is 1. The standard InChI is InChI=1S/C29H39N3O4/c1-23(33)31-16-5-4-14-29(15-7-17-32(29)21-24-10-12-26(35-3)13-11-24)22-30(2)28(34)25-8-6-9-27(20-25)36-19-18-31/h6,8-13,20H,4-5,7,14-19,21-22H2,1-3H3/t29-/m1/s1. The Morgan fingerprint density at radius 1 is 1.03 bits per heavy atom. The molecule has 2 aromatic carbocycles. The SMILES string of the molecule is COc1ccc(CN2CCC[C@@]23CCCCN(C(C)=O)CCOc2cccc(c2)C(=O)N(C)C3)cc1. The third kappa shape index (κ3) is 6.19. The number of hydrogen-bond donors (Lipinski definition) is 0. The van der Waals surface area contributed by atoms with Crippen molar-refractivity contribution in [3.63, 3.8) is 0 Å². The summed E-state index contributed by atoms with van der Waals surface area (Å²) in [6, 6.07) is 15.7. The van der Waals surface area contributed by atoms with Gasteiger partial charge in [-0.3, -0.25) is 14.5 Å². The lowest BCUT2D eigenvalue weighted by Gasteiger charge is -2.42. The summed E-state index contributed by atoms with van der Waals surface area (Å²) in [5.74, 6) is 1.60. The van der Waals surface area contributed by atoms with Crippen LogP contribution in [0.1, 0.15) is 54.9 Å². The molecular weight excluding hydrogens is 454 g/mol. The number of ether oxygens (including phenoxy) is 2. The van der Waals surface area contributed by atoms with E-state index in [9.17, 15) is 9.59 Å². The topological polar surface area (TPSA) is 62.3 Å². The summed E-state index contributed by atoms with van der Waals surface area (Å²) in [7, 11) is 3.60. The zero-order chi connectivity index (χ0) is 25.5. The van der Waals surface area contributed by atoms with Crippen molar-refractivity contribution in [1.82, 2.24) is 14.7 Å². The molecule has 2 aliphatic rings. The molecule has 4 rings (SSSR count). The Morgan fingerprint density at radius 3 is 2.56 bits per heavy atom. The number of amides is 2. The first-order valence-corrected chi connectivity index (χ1v) is 13.0. The fourth-order valence-electron chi connectivity index (χ4n) is 5.64. The van der Waals surface area contributed by atoms with Crippen LogP contribution in [0.3, 0.4) is 0 Å².